The number of allylic oxidation sites excluding steroid dienone is 2. The fourth-order valence-corrected chi connectivity index (χ4v) is 4.15. The summed E-state index contributed by atoms with van der Waals surface area (Å²) in [5.41, 5.74) is 0. The Morgan fingerprint density at radius 2 is 2.14 bits per heavy atom. The minimum absolute atomic E-state index is 0.107. The van der Waals surface area contributed by atoms with Crippen LogP contribution in [0.3, 0.4) is 0 Å². The predicted octanol–water partition coefficient (Wildman–Crippen LogP) is 2.53. The summed E-state index contributed by atoms with van der Waals surface area (Å²) in [6.07, 6.45) is 12.4. The van der Waals surface area contributed by atoms with Crippen molar-refractivity contribution < 1.29 is 14.3 Å². The minimum Gasteiger partial charge on any atom is -0.375 e. The molecule has 0 N–H and O–H groups in total. The Bertz CT molecular complexity index is 446. The highest BCUT2D eigenvalue weighted by atomic mass is 16.5. The molecule has 1 unspecified atom stereocenters. The molecule has 0 spiro atoms. The zero-order valence-electron chi connectivity index (χ0n) is 13.3. The number of carbonyl (C=O) groups excluding carboxylic acids is 1. The first kappa shape index (κ1) is 14.7. The maximum absolute atomic E-state index is 12.7. The average molecular weight is 305 g/mol. The van der Waals surface area contributed by atoms with E-state index in [-0.39, 0.29) is 18.2 Å². The predicted molar refractivity (Wildman–Crippen MR) is 83.4 cm³/mol. The summed E-state index contributed by atoms with van der Waals surface area (Å²) < 4.78 is 12.1. The molecule has 4 rings (SSSR count). The van der Waals surface area contributed by atoms with Gasteiger partial charge in [-0.1, -0.05) is 12.2 Å². The molecular weight excluding hydrogens is 278 g/mol. The summed E-state index contributed by atoms with van der Waals surface area (Å²) >= 11 is 0. The van der Waals surface area contributed by atoms with Gasteiger partial charge in [0.1, 0.15) is 6.10 Å². The van der Waals surface area contributed by atoms with Crippen LogP contribution in [0, 0.1) is 11.8 Å². The molecule has 1 heterocycles. The van der Waals surface area contributed by atoms with Gasteiger partial charge in [-0.15, -0.1) is 0 Å². The highest BCUT2D eigenvalue weighted by Gasteiger charge is 2.45. The second-order valence-corrected chi connectivity index (χ2v) is 7.35. The first-order valence-electron chi connectivity index (χ1n) is 9.00. The number of hydrogen-bond acceptors (Lipinski definition) is 3. The van der Waals surface area contributed by atoms with Gasteiger partial charge < -0.3 is 14.4 Å². The third-order valence-electron chi connectivity index (χ3n) is 5.65. The summed E-state index contributed by atoms with van der Waals surface area (Å²) in [5, 5.41) is 0. The Balaban J connectivity index is 1.34. The van der Waals surface area contributed by atoms with Crippen LogP contribution in [-0.2, 0) is 14.3 Å². The second kappa shape index (κ2) is 6.32. The number of rotatable bonds is 5. The van der Waals surface area contributed by atoms with E-state index < -0.39 is 0 Å². The van der Waals surface area contributed by atoms with Gasteiger partial charge in [-0.3, -0.25) is 4.79 Å². The van der Waals surface area contributed by atoms with Gasteiger partial charge in [-0.25, -0.2) is 0 Å². The average Bonchev–Trinajstić information content (AvgIpc) is 3.05. The number of carbonyl (C=O) groups is 1. The molecule has 0 bridgehead atoms. The number of morpholine rings is 1. The lowest BCUT2D eigenvalue weighted by atomic mass is 10.0. The summed E-state index contributed by atoms with van der Waals surface area (Å²) in [6.45, 7) is 2.31. The summed E-state index contributed by atoms with van der Waals surface area (Å²) in [4.78, 5) is 14.8. The van der Waals surface area contributed by atoms with Gasteiger partial charge in [-0.05, 0) is 50.4 Å². The quantitative estimate of drug-likeness (QED) is 0.733. The van der Waals surface area contributed by atoms with Crippen LogP contribution in [0.4, 0.5) is 0 Å². The highest BCUT2D eigenvalue weighted by molar-refractivity contribution is 5.77. The van der Waals surface area contributed by atoms with Gasteiger partial charge in [-0.2, -0.15) is 0 Å². The van der Waals surface area contributed by atoms with Crippen LogP contribution < -0.4 is 0 Å². The van der Waals surface area contributed by atoms with E-state index in [0.717, 1.165) is 44.8 Å². The van der Waals surface area contributed by atoms with Crippen molar-refractivity contribution in [2.75, 3.05) is 19.8 Å². The lowest BCUT2D eigenvalue weighted by Gasteiger charge is -2.39. The molecule has 4 nitrogen and oxygen atoms in total. The van der Waals surface area contributed by atoms with Crippen molar-refractivity contribution in [3.63, 3.8) is 0 Å². The molecule has 0 aromatic carbocycles. The number of fused-ring (bicyclic) bond motifs is 1. The van der Waals surface area contributed by atoms with Gasteiger partial charge in [0.05, 0.1) is 18.8 Å². The standard InChI is InChI=1S/C18H27NO3/c20-17(11-13-3-1-2-4-13)19-9-10-21-18-15(19)7-8-16(18)22-12-14-5-6-14/h1,3,13-16,18H,2,4-12H2/t13?,15-,16+,18+/m0/s1. The normalized spacial score (nSPS) is 37.5. The van der Waals surface area contributed by atoms with Crippen LogP contribution in [0.2, 0.25) is 0 Å². The van der Waals surface area contributed by atoms with Crippen molar-refractivity contribution in [1.29, 1.82) is 0 Å². The SMILES string of the molecule is O=C(CC1C=CCC1)N1CCO[C@H]2[C@H](OCC3CC3)CC[C@@H]21. The number of ether oxygens (including phenoxy) is 2. The van der Waals surface area contributed by atoms with Crippen LogP contribution >= 0.6 is 0 Å². The zero-order valence-corrected chi connectivity index (χ0v) is 13.3. The molecule has 22 heavy (non-hydrogen) atoms. The van der Waals surface area contributed by atoms with Crippen LogP contribution in [0.15, 0.2) is 12.2 Å². The van der Waals surface area contributed by atoms with Gasteiger partial charge in [0.25, 0.3) is 0 Å². The van der Waals surface area contributed by atoms with Crippen molar-refractivity contribution >= 4 is 5.91 Å². The van der Waals surface area contributed by atoms with Crippen LogP contribution in [0.5, 0.6) is 0 Å². The molecule has 0 aromatic rings. The lowest BCUT2D eigenvalue weighted by molar-refractivity contribution is -0.152. The van der Waals surface area contributed by atoms with Gasteiger partial charge in [0.15, 0.2) is 0 Å². The monoisotopic (exact) mass is 305 g/mol. The molecule has 0 aromatic heterocycles. The van der Waals surface area contributed by atoms with Gasteiger partial charge in [0.2, 0.25) is 5.91 Å². The fraction of sp³-hybridized carbons (Fsp3) is 0.833. The molecule has 1 saturated heterocycles. The largest absolute Gasteiger partial charge is 0.375 e. The maximum Gasteiger partial charge on any atom is 0.223 e. The van der Waals surface area contributed by atoms with Gasteiger partial charge in [0, 0.05) is 19.6 Å². The van der Waals surface area contributed by atoms with Crippen molar-refractivity contribution in [3.8, 4) is 0 Å². The van der Waals surface area contributed by atoms with E-state index in [1.165, 1.54) is 12.8 Å². The summed E-state index contributed by atoms with van der Waals surface area (Å²) in [5.74, 6) is 1.56. The number of amides is 1. The highest BCUT2D eigenvalue weighted by Crippen LogP contribution is 2.36. The van der Waals surface area contributed by atoms with E-state index in [9.17, 15) is 4.79 Å². The smallest absolute Gasteiger partial charge is 0.223 e. The fourth-order valence-electron chi connectivity index (χ4n) is 4.15. The van der Waals surface area contributed by atoms with E-state index in [1.54, 1.807) is 0 Å². The van der Waals surface area contributed by atoms with Crippen molar-refractivity contribution in [2.24, 2.45) is 11.8 Å². The molecule has 1 amide bonds. The van der Waals surface area contributed by atoms with E-state index in [4.69, 9.17) is 9.47 Å². The molecule has 4 heteroatoms. The molecule has 2 saturated carbocycles. The summed E-state index contributed by atoms with van der Waals surface area (Å²) in [6, 6.07) is 0.246. The van der Waals surface area contributed by atoms with E-state index >= 15 is 0 Å². The molecule has 122 valence electrons. The molecule has 4 aliphatic rings. The van der Waals surface area contributed by atoms with E-state index in [0.29, 0.717) is 24.9 Å². The van der Waals surface area contributed by atoms with Crippen molar-refractivity contribution in [2.45, 2.75) is 63.2 Å². The Morgan fingerprint density at radius 1 is 1.23 bits per heavy atom. The third kappa shape index (κ3) is 3.09. The first-order valence-corrected chi connectivity index (χ1v) is 9.00. The Morgan fingerprint density at radius 3 is 2.91 bits per heavy atom. The molecule has 0 radical (unpaired) electrons. The maximum atomic E-state index is 12.7. The molecule has 4 atom stereocenters. The Labute approximate surface area is 132 Å². The number of nitrogens with zero attached hydrogens (tertiary/aromatic N) is 1. The van der Waals surface area contributed by atoms with Crippen LogP contribution in [0.1, 0.15) is 44.9 Å². The van der Waals surface area contributed by atoms with E-state index in [2.05, 4.69) is 17.1 Å². The summed E-state index contributed by atoms with van der Waals surface area (Å²) in [7, 11) is 0. The lowest BCUT2D eigenvalue weighted by Crippen LogP contribution is -2.54. The number of hydrogen-bond donors (Lipinski definition) is 0. The second-order valence-electron chi connectivity index (χ2n) is 7.35. The van der Waals surface area contributed by atoms with Crippen molar-refractivity contribution in [3.05, 3.63) is 12.2 Å². The Hall–Kier alpha value is -0.870. The van der Waals surface area contributed by atoms with Gasteiger partial charge >= 0.3 is 0 Å². The topological polar surface area (TPSA) is 38.8 Å². The van der Waals surface area contributed by atoms with E-state index in [1.807, 2.05) is 0 Å². The zero-order chi connectivity index (χ0) is 14.9. The molecule has 3 aliphatic carbocycles. The van der Waals surface area contributed by atoms with Crippen LogP contribution in [-0.4, -0.2) is 48.8 Å². The molecular formula is C18H27NO3. The molecule has 1 aliphatic heterocycles. The minimum atomic E-state index is 0.107. The van der Waals surface area contributed by atoms with Crippen LogP contribution in [0.25, 0.3) is 0 Å². The molecule has 3 fully saturated rings. The van der Waals surface area contributed by atoms with Crippen molar-refractivity contribution in [1.82, 2.24) is 4.90 Å². The third-order valence-corrected chi connectivity index (χ3v) is 5.65. The Kier molecular flexibility index (Phi) is 4.23. The first-order chi connectivity index (χ1) is 10.8.